The van der Waals surface area contributed by atoms with Crippen LogP contribution in [0.4, 0.5) is 0 Å². The maximum absolute atomic E-state index is 12.3. The van der Waals surface area contributed by atoms with E-state index in [-0.39, 0.29) is 11.8 Å². The molecule has 0 aliphatic carbocycles. The van der Waals surface area contributed by atoms with Crippen LogP contribution in [0.25, 0.3) is 0 Å². The molecule has 2 atom stereocenters. The Hall–Kier alpha value is -1.40. The molecule has 0 aromatic heterocycles. The summed E-state index contributed by atoms with van der Waals surface area (Å²) in [6, 6.07) is 8.22. The molecular weight excluding hydrogens is 358 g/mol. The van der Waals surface area contributed by atoms with Crippen molar-refractivity contribution in [1.82, 2.24) is 15.5 Å². The molecule has 2 aliphatic rings. The third-order valence-electron chi connectivity index (χ3n) is 4.61. The van der Waals surface area contributed by atoms with E-state index in [2.05, 4.69) is 26.6 Å². The highest BCUT2D eigenvalue weighted by Crippen LogP contribution is 2.20. The van der Waals surface area contributed by atoms with Crippen LogP contribution in [0, 0.1) is 0 Å². The van der Waals surface area contributed by atoms with Gasteiger partial charge in [-0.3, -0.25) is 9.59 Å². The van der Waals surface area contributed by atoms with E-state index in [0.29, 0.717) is 30.6 Å². The number of benzene rings is 1. The Labute approximate surface area is 144 Å². The second-order valence-electron chi connectivity index (χ2n) is 6.28. The zero-order valence-electron chi connectivity index (χ0n) is 13.1. The van der Waals surface area contributed by atoms with Gasteiger partial charge in [-0.15, -0.1) is 0 Å². The van der Waals surface area contributed by atoms with Crippen LogP contribution >= 0.6 is 15.9 Å². The molecule has 2 bridgehead atoms. The van der Waals surface area contributed by atoms with Gasteiger partial charge in [0.1, 0.15) is 0 Å². The topological polar surface area (TPSA) is 61.4 Å². The van der Waals surface area contributed by atoms with Gasteiger partial charge in [0.25, 0.3) is 5.91 Å². The fourth-order valence-electron chi connectivity index (χ4n) is 3.31. The Balaban J connectivity index is 1.44. The molecule has 3 rings (SSSR count). The van der Waals surface area contributed by atoms with E-state index in [1.807, 2.05) is 17.0 Å². The van der Waals surface area contributed by atoms with Crippen molar-refractivity contribution in [2.75, 3.05) is 19.6 Å². The second kappa shape index (κ2) is 7.45. The molecule has 6 heteroatoms. The number of fused-ring (bicyclic) bond motifs is 2. The van der Waals surface area contributed by atoms with Gasteiger partial charge in [-0.05, 0) is 43.5 Å². The average molecular weight is 380 g/mol. The smallest absolute Gasteiger partial charge is 0.251 e. The first-order chi connectivity index (χ1) is 11.1. The summed E-state index contributed by atoms with van der Waals surface area (Å²) in [5, 5.41) is 6.39. The summed E-state index contributed by atoms with van der Waals surface area (Å²) >= 11 is 3.34. The third-order valence-corrected chi connectivity index (χ3v) is 5.14. The molecule has 5 nitrogen and oxygen atoms in total. The van der Waals surface area contributed by atoms with Crippen LogP contribution in [0.3, 0.4) is 0 Å². The lowest BCUT2D eigenvalue weighted by atomic mass is 10.1. The van der Waals surface area contributed by atoms with Gasteiger partial charge in [-0.2, -0.15) is 0 Å². The first-order valence-corrected chi connectivity index (χ1v) is 8.99. The summed E-state index contributed by atoms with van der Waals surface area (Å²) in [5.41, 5.74) is 0.608. The van der Waals surface area contributed by atoms with Crippen molar-refractivity contribution in [2.24, 2.45) is 0 Å². The molecule has 0 saturated carbocycles. The number of carbonyl (C=O) groups excluding carboxylic acids is 2. The fraction of sp³-hybridized carbons (Fsp3) is 0.529. The van der Waals surface area contributed by atoms with Crippen LogP contribution in [0.5, 0.6) is 0 Å². The predicted molar refractivity (Wildman–Crippen MR) is 92.2 cm³/mol. The lowest BCUT2D eigenvalue weighted by molar-refractivity contribution is -0.131. The molecule has 1 aromatic rings. The quantitative estimate of drug-likeness (QED) is 0.839. The SMILES string of the molecule is O=C(NCCC(=O)N1CCC2CCC(C1)N2)c1ccc(Br)cc1. The Morgan fingerprint density at radius 3 is 2.70 bits per heavy atom. The van der Waals surface area contributed by atoms with Crippen LogP contribution in [0.2, 0.25) is 0 Å². The van der Waals surface area contributed by atoms with Gasteiger partial charge in [0.15, 0.2) is 0 Å². The van der Waals surface area contributed by atoms with Gasteiger partial charge in [-0.25, -0.2) is 0 Å². The van der Waals surface area contributed by atoms with Crippen LogP contribution in [0.1, 0.15) is 36.0 Å². The van der Waals surface area contributed by atoms with Crippen LogP contribution in [-0.2, 0) is 4.79 Å². The normalized spacial score (nSPS) is 23.4. The molecule has 0 radical (unpaired) electrons. The summed E-state index contributed by atoms with van der Waals surface area (Å²) in [7, 11) is 0. The first-order valence-electron chi connectivity index (χ1n) is 8.19. The molecule has 23 heavy (non-hydrogen) atoms. The second-order valence-corrected chi connectivity index (χ2v) is 7.19. The van der Waals surface area contributed by atoms with Gasteiger partial charge in [-0.1, -0.05) is 15.9 Å². The molecule has 124 valence electrons. The number of likely N-dealkylation sites (tertiary alicyclic amines) is 1. The highest BCUT2D eigenvalue weighted by Gasteiger charge is 2.30. The Morgan fingerprint density at radius 2 is 1.91 bits per heavy atom. The summed E-state index contributed by atoms with van der Waals surface area (Å²) < 4.78 is 0.938. The molecule has 2 fully saturated rings. The van der Waals surface area contributed by atoms with Gasteiger partial charge < -0.3 is 15.5 Å². The van der Waals surface area contributed by atoms with Crippen LogP contribution in [-0.4, -0.2) is 48.4 Å². The fourth-order valence-corrected chi connectivity index (χ4v) is 3.58. The molecule has 2 saturated heterocycles. The number of carbonyl (C=O) groups is 2. The van der Waals surface area contributed by atoms with Crippen LogP contribution < -0.4 is 10.6 Å². The van der Waals surface area contributed by atoms with E-state index < -0.39 is 0 Å². The van der Waals surface area contributed by atoms with E-state index in [9.17, 15) is 9.59 Å². The average Bonchev–Trinajstić information content (AvgIpc) is 2.86. The van der Waals surface area contributed by atoms with E-state index in [4.69, 9.17) is 0 Å². The number of rotatable bonds is 4. The molecule has 2 amide bonds. The Bertz CT molecular complexity index is 576. The highest BCUT2D eigenvalue weighted by molar-refractivity contribution is 9.10. The monoisotopic (exact) mass is 379 g/mol. The largest absolute Gasteiger partial charge is 0.352 e. The van der Waals surface area contributed by atoms with Gasteiger partial charge in [0.2, 0.25) is 5.91 Å². The summed E-state index contributed by atoms with van der Waals surface area (Å²) in [5.74, 6) is -0.00246. The Kier molecular flexibility index (Phi) is 5.33. The van der Waals surface area contributed by atoms with Gasteiger partial charge in [0, 0.05) is 48.2 Å². The van der Waals surface area contributed by atoms with Crippen molar-refractivity contribution in [3.05, 3.63) is 34.3 Å². The summed E-state index contributed by atoms with van der Waals surface area (Å²) in [6.45, 7) is 2.01. The molecular formula is C17H22BrN3O2. The summed E-state index contributed by atoms with van der Waals surface area (Å²) in [6.07, 6.45) is 3.79. The van der Waals surface area contributed by atoms with Crippen molar-refractivity contribution in [2.45, 2.75) is 37.8 Å². The lowest BCUT2D eigenvalue weighted by Gasteiger charge is -2.24. The van der Waals surface area contributed by atoms with Crippen molar-refractivity contribution >= 4 is 27.7 Å². The van der Waals surface area contributed by atoms with Crippen LogP contribution in [0.15, 0.2) is 28.7 Å². The van der Waals surface area contributed by atoms with E-state index >= 15 is 0 Å². The number of nitrogens with one attached hydrogen (secondary N) is 2. The number of nitrogens with zero attached hydrogens (tertiary/aromatic N) is 1. The predicted octanol–water partition coefficient (Wildman–Crippen LogP) is 1.92. The van der Waals surface area contributed by atoms with E-state index in [0.717, 1.165) is 30.4 Å². The van der Waals surface area contributed by atoms with Crippen molar-refractivity contribution < 1.29 is 9.59 Å². The molecule has 2 unspecified atom stereocenters. The highest BCUT2D eigenvalue weighted by atomic mass is 79.9. The molecule has 2 aliphatic heterocycles. The molecule has 1 aromatic carbocycles. The Morgan fingerprint density at radius 1 is 1.17 bits per heavy atom. The first kappa shape index (κ1) is 16.5. The van der Waals surface area contributed by atoms with E-state index in [1.165, 1.54) is 6.42 Å². The van der Waals surface area contributed by atoms with Crippen molar-refractivity contribution in [3.8, 4) is 0 Å². The summed E-state index contributed by atoms with van der Waals surface area (Å²) in [4.78, 5) is 26.3. The standard InChI is InChI=1S/C17H22BrN3O2/c18-13-3-1-12(2-4-13)17(23)19-9-7-16(22)21-10-8-14-5-6-15(11-21)20-14/h1-4,14-15,20H,5-11H2,(H,19,23). The number of hydrogen-bond acceptors (Lipinski definition) is 3. The molecule has 0 spiro atoms. The number of amides is 2. The zero-order chi connectivity index (χ0) is 16.2. The minimum Gasteiger partial charge on any atom is -0.352 e. The minimum atomic E-state index is -0.137. The zero-order valence-corrected chi connectivity index (χ0v) is 14.6. The number of halogens is 1. The van der Waals surface area contributed by atoms with Crippen molar-refractivity contribution in [3.63, 3.8) is 0 Å². The maximum Gasteiger partial charge on any atom is 0.251 e. The lowest BCUT2D eigenvalue weighted by Crippen LogP contribution is -2.40. The maximum atomic E-state index is 12.3. The third kappa shape index (κ3) is 4.32. The number of hydrogen-bond donors (Lipinski definition) is 2. The minimum absolute atomic E-state index is 0.135. The van der Waals surface area contributed by atoms with Crippen molar-refractivity contribution in [1.29, 1.82) is 0 Å². The van der Waals surface area contributed by atoms with E-state index in [1.54, 1.807) is 12.1 Å². The molecule has 2 heterocycles. The van der Waals surface area contributed by atoms with Gasteiger partial charge >= 0.3 is 0 Å². The van der Waals surface area contributed by atoms with Gasteiger partial charge in [0.05, 0.1) is 0 Å². The molecule has 2 N–H and O–H groups in total.